The van der Waals surface area contributed by atoms with E-state index in [2.05, 4.69) is 0 Å². The second kappa shape index (κ2) is 7.09. The summed E-state index contributed by atoms with van der Waals surface area (Å²) >= 11 is 0. The van der Waals surface area contributed by atoms with E-state index in [1.165, 1.54) is 30.3 Å². The third-order valence-corrected chi connectivity index (χ3v) is 4.10. The lowest BCUT2D eigenvalue weighted by Crippen LogP contribution is -2.21. The fraction of sp³-hybridized carbons (Fsp3) is 0.158. The molecule has 2 atom stereocenters. The van der Waals surface area contributed by atoms with Crippen molar-refractivity contribution < 1.29 is 19.2 Å². The van der Waals surface area contributed by atoms with Gasteiger partial charge in [0.05, 0.1) is 4.92 Å². The van der Waals surface area contributed by atoms with Crippen molar-refractivity contribution in [2.75, 3.05) is 0 Å². The molecule has 1 aliphatic heterocycles. The predicted octanol–water partition coefficient (Wildman–Crippen LogP) is 3.43. The molecular weight excluding hydrogens is 322 g/mol. The molecule has 6 nitrogen and oxygen atoms in total. The van der Waals surface area contributed by atoms with Crippen LogP contribution in [0.1, 0.15) is 28.3 Å². The summed E-state index contributed by atoms with van der Waals surface area (Å²) in [6.07, 6.45) is 2.64. The summed E-state index contributed by atoms with van der Waals surface area (Å²) in [7, 11) is 0. The minimum atomic E-state index is -0.510. The molecule has 2 aromatic carbocycles. The van der Waals surface area contributed by atoms with E-state index >= 15 is 0 Å². The Bertz CT molecular complexity index is 827. The van der Waals surface area contributed by atoms with Crippen molar-refractivity contribution in [1.29, 1.82) is 0 Å². The molecule has 0 aromatic heterocycles. The highest BCUT2D eigenvalue weighted by atomic mass is 16.6. The van der Waals surface area contributed by atoms with Crippen LogP contribution in [0.4, 0.5) is 5.69 Å². The summed E-state index contributed by atoms with van der Waals surface area (Å²) in [5, 5.41) is 10.7. The maximum Gasteiger partial charge on any atom is 0.331 e. The molecule has 1 heterocycles. The summed E-state index contributed by atoms with van der Waals surface area (Å²) < 4.78 is 5.27. The molecule has 1 aliphatic rings. The van der Waals surface area contributed by atoms with Gasteiger partial charge in [0.25, 0.3) is 5.69 Å². The molecular formula is C19H15NO5. The topological polar surface area (TPSA) is 86.5 Å². The van der Waals surface area contributed by atoms with Gasteiger partial charge in [-0.25, -0.2) is 4.79 Å². The van der Waals surface area contributed by atoms with E-state index in [1.54, 1.807) is 6.08 Å². The third kappa shape index (κ3) is 3.80. The maximum absolute atomic E-state index is 12.6. The summed E-state index contributed by atoms with van der Waals surface area (Å²) in [5.41, 5.74) is 1.21. The van der Waals surface area contributed by atoms with E-state index in [1.807, 2.05) is 30.3 Å². The summed E-state index contributed by atoms with van der Waals surface area (Å²) in [6, 6.07) is 14.9. The lowest BCUT2D eigenvalue weighted by molar-refractivity contribution is -0.384. The first-order valence-electron chi connectivity index (χ1n) is 7.76. The van der Waals surface area contributed by atoms with E-state index < -0.39 is 17.0 Å². The van der Waals surface area contributed by atoms with Gasteiger partial charge in [0, 0.05) is 36.1 Å². The van der Waals surface area contributed by atoms with Gasteiger partial charge in [-0.15, -0.1) is 0 Å². The molecule has 2 aromatic rings. The number of ether oxygens (including phenoxy) is 1. The average molecular weight is 337 g/mol. The fourth-order valence-electron chi connectivity index (χ4n) is 2.81. The van der Waals surface area contributed by atoms with Gasteiger partial charge in [-0.05, 0) is 23.8 Å². The van der Waals surface area contributed by atoms with Gasteiger partial charge in [-0.2, -0.15) is 0 Å². The second-order valence-corrected chi connectivity index (χ2v) is 5.71. The van der Waals surface area contributed by atoms with Crippen molar-refractivity contribution in [2.45, 2.75) is 18.4 Å². The van der Waals surface area contributed by atoms with Crippen LogP contribution in [-0.2, 0) is 9.53 Å². The van der Waals surface area contributed by atoms with E-state index in [0.29, 0.717) is 5.56 Å². The number of non-ortho nitro benzene ring substituents is 1. The van der Waals surface area contributed by atoms with Gasteiger partial charge in [0.15, 0.2) is 5.78 Å². The smallest absolute Gasteiger partial charge is 0.331 e. The number of ketones is 1. The zero-order chi connectivity index (χ0) is 17.8. The largest absolute Gasteiger partial charge is 0.454 e. The SMILES string of the molecule is O=C1C=C[C@@H]([C@H](CC(=O)c2ccc([N+](=O)[O-])cc2)c2ccccc2)O1. The number of carbonyl (C=O) groups excluding carboxylic acids is 2. The molecule has 25 heavy (non-hydrogen) atoms. The van der Waals surface area contributed by atoms with E-state index in [0.717, 1.165) is 5.56 Å². The van der Waals surface area contributed by atoms with Crippen molar-refractivity contribution in [2.24, 2.45) is 0 Å². The standard InChI is InChI=1S/C19H15NO5/c21-17(14-6-8-15(9-7-14)20(23)24)12-16(13-4-2-1-3-5-13)18-10-11-19(22)25-18/h1-11,16,18H,12H2/t16-,18+/m1/s1. The molecule has 0 fully saturated rings. The molecule has 0 bridgehead atoms. The van der Waals surface area contributed by atoms with Crippen LogP contribution < -0.4 is 0 Å². The first-order chi connectivity index (χ1) is 12.0. The van der Waals surface area contributed by atoms with Crippen molar-refractivity contribution in [3.63, 3.8) is 0 Å². The van der Waals surface area contributed by atoms with Crippen LogP contribution in [0.3, 0.4) is 0 Å². The highest BCUT2D eigenvalue weighted by molar-refractivity contribution is 5.97. The Morgan fingerprint density at radius 1 is 1.12 bits per heavy atom. The number of nitro benzene ring substituents is 1. The number of nitrogens with zero attached hydrogens (tertiary/aromatic N) is 1. The zero-order valence-corrected chi connectivity index (χ0v) is 13.2. The van der Waals surface area contributed by atoms with Crippen molar-refractivity contribution in [3.8, 4) is 0 Å². The Balaban J connectivity index is 1.82. The van der Waals surface area contributed by atoms with Crippen LogP contribution in [0.5, 0.6) is 0 Å². The molecule has 0 saturated carbocycles. The Hall–Kier alpha value is -3.28. The number of cyclic esters (lactones) is 1. The molecule has 0 unspecified atom stereocenters. The molecule has 0 aliphatic carbocycles. The highest BCUT2D eigenvalue weighted by Crippen LogP contribution is 2.30. The van der Waals surface area contributed by atoms with Crippen LogP contribution in [0.2, 0.25) is 0 Å². The number of esters is 1. The number of nitro groups is 1. The molecule has 0 N–H and O–H groups in total. The Morgan fingerprint density at radius 3 is 2.36 bits per heavy atom. The van der Waals surface area contributed by atoms with Crippen LogP contribution in [0, 0.1) is 10.1 Å². The van der Waals surface area contributed by atoms with E-state index in [4.69, 9.17) is 4.74 Å². The molecule has 0 radical (unpaired) electrons. The van der Waals surface area contributed by atoms with Gasteiger partial charge < -0.3 is 4.74 Å². The predicted molar refractivity (Wildman–Crippen MR) is 90.2 cm³/mol. The Morgan fingerprint density at radius 2 is 1.80 bits per heavy atom. The van der Waals surface area contributed by atoms with Gasteiger partial charge >= 0.3 is 5.97 Å². The lowest BCUT2D eigenvalue weighted by Gasteiger charge is -2.21. The highest BCUT2D eigenvalue weighted by Gasteiger charge is 2.30. The molecule has 0 spiro atoms. The maximum atomic E-state index is 12.6. The molecule has 126 valence electrons. The third-order valence-electron chi connectivity index (χ3n) is 4.10. The summed E-state index contributed by atoms with van der Waals surface area (Å²) in [4.78, 5) is 34.2. The fourth-order valence-corrected chi connectivity index (χ4v) is 2.81. The van der Waals surface area contributed by atoms with E-state index in [-0.39, 0.29) is 23.8 Å². The van der Waals surface area contributed by atoms with Crippen LogP contribution in [0.25, 0.3) is 0 Å². The minimum absolute atomic E-state index is 0.0659. The molecule has 3 rings (SSSR count). The van der Waals surface area contributed by atoms with Gasteiger partial charge in [-0.3, -0.25) is 14.9 Å². The number of rotatable bonds is 6. The number of hydrogen-bond acceptors (Lipinski definition) is 5. The van der Waals surface area contributed by atoms with Gasteiger partial charge in [0.1, 0.15) is 6.10 Å². The summed E-state index contributed by atoms with van der Waals surface area (Å²) in [5.74, 6) is -0.902. The van der Waals surface area contributed by atoms with Crippen LogP contribution >= 0.6 is 0 Å². The molecule has 0 saturated heterocycles. The quantitative estimate of drug-likeness (QED) is 0.349. The number of benzene rings is 2. The summed E-state index contributed by atoms with van der Waals surface area (Å²) in [6.45, 7) is 0. The van der Waals surface area contributed by atoms with Gasteiger partial charge in [-0.1, -0.05) is 30.3 Å². The van der Waals surface area contributed by atoms with Gasteiger partial charge in [0.2, 0.25) is 0 Å². The minimum Gasteiger partial charge on any atom is -0.454 e. The van der Waals surface area contributed by atoms with Crippen LogP contribution in [0.15, 0.2) is 66.7 Å². The average Bonchev–Trinajstić information content (AvgIpc) is 3.06. The lowest BCUT2D eigenvalue weighted by atomic mass is 9.87. The van der Waals surface area contributed by atoms with Crippen molar-refractivity contribution in [3.05, 3.63) is 88.0 Å². The monoisotopic (exact) mass is 337 g/mol. The second-order valence-electron chi connectivity index (χ2n) is 5.71. The van der Waals surface area contributed by atoms with Crippen molar-refractivity contribution in [1.82, 2.24) is 0 Å². The van der Waals surface area contributed by atoms with Crippen molar-refractivity contribution >= 4 is 17.4 Å². The number of hydrogen-bond donors (Lipinski definition) is 0. The van der Waals surface area contributed by atoms with E-state index in [9.17, 15) is 19.7 Å². The number of Topliss-reactive ketones (excluding diaryl/α,β-unsaturated/α-hetero) is 1. The zero-order valence-electron chi connectivity index (χ0n) is 13.2. The first-order valence-corrected chi connectivity index (χ1v) is 7.76. The van der Waals surface area contributed by atoms with Crippen LogP contribution in [-0.4, -0.2) is 22.8 Å². The normalized spacial score (nSPS) is 17.1. The molecule has 0 amide bonds. The first kappa shape index (κ1) is 16.6. The Labute approximate surface area is 143 Å². The molecule has 6 heteroatoms. The number of carbonyl (C=O) groups is 2. The Kier molecular flexibility index (Phi) is 4.70.